The van der Waals surface area contributed by atoms with E-state index in [1.807, 2.05) is 153 Å². The molecular weight excluding hydrogens is 2460 g/mol. The molecule has 2 aliphatic rings. The van der Waals surface area contributed by atoms with E-state index in [1.54, 1.807) is 39.8 Å². The summed E-state index contributed by atoms with van der Waals surface area (Å²) < 4.78 is 13.0. The molecule has 0 amide bonds. The zero-order valence-electron chi connectivity index (χ0n) is 89.4. The fourth-order valence-corrected chi connectivity index (χ4v) is 55.8. The minimum absolute atomic E-state index is 0.169. The van der Waals surface area contributed by atoms with Crippen molar-refractivity contribution in [3.05, 3.63) is 218 Å². The van der Waals surface area contributed by atoms with Crippen LogP contribution in [-0.4, -0.2) is 59.9 Å². The maximum atomic E-state index is 16.2. The standard InChI is InChI=1S/C60H64O2S8.C43H40OS6.C15H18Br2OS2.6CH3.2Sn/c1-8-11-14-17-18-21-24-43(61)46-31-40-37(7)66-60(59(40)67-46)56-39(23-20-16-13-10-3)30-50(70-56)52-54-53(51(55(52)62)49-29-38(36(6)65-49)22-19-15-12-9-2)57-41(32-47(68-57)44-27-25-34(4)63-44)42-33-48(69-58(42)54)45-28-26-35(5)64-45;1-5-7-9-11-13-27-19-35(45-23-27)37-39-40(38(41(37)44)36-20-28(24-46-36)14-12-10-8-6-2)43-30(22-34(50-43)32-18-16-26(4)48-32)29-21-33(49-42(29)39)31-17-15-25(3)47-31;1-2-3-4-5-6-7-8-11(18)12-9-10-13(19-12)15(17)20-14(10)16;;;;;;;;/h25-33H,8-24H2,1-7H3;15-22H,5-14H2,1-4H3;9H,2-8H2,1H3;6*1H3;;. The zero-order valence-corrected chi connectivity index (χ0v) is 111. The Morgan fingerprint density at radius 1 is 0.250 bits per heavy atom. The zero-order chi connectivity index (χ0) is 104. The van der Waals surface area contributed by atoms with Crippen LogP contribution in [-0.2, 0) is 35.3 Å². The molecule has 0 N–H and O–H groups in total. The summed E-state index contributed by atoms with van der Waals surface area (Å²) in [5.41, 5.74) is 9.54. The van der Waals surface area contributed by atoms with Crippen LogP contribution in [0.3, 0.4) is 0 Å². The van der Waals surface area contributed by atoms with Crippen molar-refractivity contribution in [1.29, 1.82) is 0 Å². The summed E-state index contributed by atoms with van der Waals surface area (Å²) in [7, 11) is 0. The van der Waals surface area contributed by atoms with E-state index in [2.05, 4.69) is 248 Å². The van der Waals surface area contributed by atoms with Crippen LogP contribution in [0.5, 0.6) is 0 Å². The van der Waals surface area contributed by atoms with E-state index in [1.165, 1.54) is 330 Å². The van der Waals surface area contributed by atoms with Crippen molar-refractivity contribution in [2.24, 2.45) is 0 Å². The SMILES string of the molecule is CCCCCCCCC(=O)c1cc2c(Br)sc(Br)c2s1.CCCCCCCCC(=O)c1cc2c(C)sc(-c3sc(C4=c5c(c6sc(-c7ccc(C)s7)cc6c6cc(-c7ccc(C)s7)sc56)=C(c5cc(CCCCCC)c(C)s5)C4=O)cc3CCCCCC)c2s1.CCCCCCc1cc(C2=c3c(c4sc(-c5ccc(C)s5)cc4c4cc(-c5ccc(C)s5)sc34)=C(c3cc(CCCCCC)[c]([Sn]([CH3])([CH3])[CH3])s3)C2=O)s[c]1[Sn]([CH3])([CH3])[CH3]. The number of hydrogen-bond donors (Lipinski definition) is 0. The molecule has 2 aliphatic carbocycles. The van der Waals surface area contributed by atoms with Gasteiger partial charge in [-0.05, 0) is 170 Å². The summed E-state index contributed by atoms with van der Waals surface area (Å²) in [4.78, 5) is 101. The molecule has 2 aromatic carbocycles. The summed E-state index contributed by atoms with van der Waals surface area (Å²) in [6, 6.07) is 41.9. The van der Waals surface area contributed by atoms with E-state index in [4.69, 9.17) is 0 Å². The van der Waals surface area contributed by atoms with E-state index in [0.717, 1.165) is 117 Å². The minimum atomic E-state index is -2.54. The molecule has 0 saturated heterocycles. The Bertz CT molecular complexity index is 7970. The fourth-order valence-electron chi connectivity index (χ4n) is 21.2. The molecule has 0 bridgehead atoms. The summed E-state index contributed by atoms with van der Waals surface area (Å²) in [6.07, 6.45) is 39.7. The first-order valence-corrected chi connectivity index (χ1v) is 88.9. The van der Waals surface area contributed by atoms with Gasteiger partial charge in [0.25, 0.3) is 0 Å². The van der Waals surface area contributed by atoms with Gasteiger partial charge in [0.2, 0.25) is 0 Å². The monoisotopic (exact) mass is 2600 g/mol. The van der Waals surface area contributed by atoms with Crippen LogP contribution >= 0.6 is 213 Å². The molecule has 4 nitrogen and oxygen atoms in total. The quantitative estimate of drug-likeness (QED) is 0.0217. The molecule has 0 atom stereocenters. The molecule has 0 fully saturated rings. The number of benzene rings is 2. The number of ketones is 4. The number of unbranched alkanes of at least 4 members (excludes halogenated alkanes) is 22. The van der Waals surface area contributed by atoms with Crippen LogP contribution in [0.1, 0.15) is 325 Å². The van der Waals surface area contributed by atoms with Gasteiger partial charge in [-0.25, -0.2) is 0 Å². The van der Waals surface area contributed by atoms with Gasteiger partial charge >= 0.3 is 383 Å². The van der Waals surface area contributed by atoms with Crippen LogP contribution in [0.4, 0.5) is 0 Å². The molecule has 24 heteroatoms. The molecule has 18 aromatic rings. The van der Waals surface area contributed by atoms with Gasteiger partial charge in [-0.2, -0.15) is 0 Å². The molecular formula is C124H140Br2O4S16Sn2. The van der Waals surface area contributed by atoms with Crippen molar-refractivity contribution in [1.82, 2.24) is 0 Å². The van der Waals surface area contributed by atoms with Gasteiger partial charge in [-0.1, -0.05) is 130 Å². The Balaban J connectivity index is 0.000000165. The molecule has 20 rings (SSSR count). The first-order valence-electron chi connectivity index (χ1n) is 54.3. The number of carbonyl (C=O) groups is 4. The second-order valence-corrected chi connectivity index (χ2v) is 94.1. The molecule has 0 unspecified atom stereocenters. The van der Waals surface area contributed by atoms with Gasteiger partial charge < -0.3 is 0 Å². The van der Waals surface area contributed by atoms with E-state index >= 15 is 9.59 Å². The number of rotatable bonds is 47. The number of carbonyl (C=O) groups excluding carboxylic acids is 4. The first-order chi connectivity index (χ1) is 71.4. The van der Waals surface area contributed by atoms with Crippen molar-refractivity contribution < 1.29 is 19.2 Å². The van der Waals surface area contributed by atoms with Gasteiger partial charge in [-0.3, -0.25) is 14.4 Å². The summed E-state index contributed by atoms with van der Waals surface area (Å²) in [5.74, 6) is 1.01. The van der Waals surface area contributed by atoms with Crippen molar-refractivity contribution in [2.45, 2.75) is 331 Å². The predicted molar refractivity (Wildman–Crippen MR) is 688 cm³/mol. The number of halogens is 2. The molecule has 16 heterocycles. The van der Waals surface area contributed by atoms with Crippen LogP contribution in [0.25, 0.3) is 132 Å². The molecule has 0 aliphatic heterocycles. The van der Waals surface area contributed by atoms with Crippen molar-refractivity contribution in [3.8, 4) is 48.8 Å². The van der Waals surface area contributed by atoms with Crippen LogP contribution in [0, 0.1) is 41.5 Å². The number of hydrogen-bond acceptors (Lipinski definition) is 20. The molecule has 0 spiro atoms. The Kier molecular flexibility index (Phi) is 39.0. The fraction of sp³-hybridized carbons (Fsp3) is 0.419. The topological polar surface area (TPSA) is 68.3 Å². The third-order valence-electron chi connectivity index (χ3n) is 28.9. The molecule has 0 saturated carbocycles. The van der Waals surface area contributed by atoms with Gasteiger partial charge in [-0.15, -0.1) is 113 Å². The van der Waals surface area contributed by atoms with Crippen LogP contribution in [0.15, 0.2) is 117 Å². The Hall–Kier alpha value is -4.08. The van der Waals surface area contributed by atoms with Crippen LogP contribution < -0.4 is 26.7 Å². The Morgan fingerprint density at radius 3 is 0.912 bits per heavy atom. The number of Topliss-reactive ketones (excluding diaryl/α,β-unsaturated/α-hetero) is 4. The summed E-state index contributed by atoms with van der Waals surface area (Å²) in [5, 5.41) is 12.2. The first kappa shape index (κ1) is 114. The number of aryl methyl sites for hydroxylation is 10. The summed E-state index contributed by atoms with van der Waals surface area (Å²) in [6.45, 7) is 26.9. The number of thiophene rings is 16. The Morgan fingerprint density at radius 2 is 0.561 bits per heavy atom. The molecule has 778 valence electrons. The third-order valence-corrected chi connectivity index (χ3v) is 69.0. The normalized spacial score (nSPS) is 13.0. The second-order valence-electron chi connectivity index (χ2n) is 42.8. The van der Waals surface area contributed by atoms with E-state index < -0.39 is 36.8 Å². The van der Waals surface area contributed by atoms with Gasteiger partial charge in [0, 0.05) is 119 Å². The van der Waals surface area contributed by atoms with E-state index in [-0.39, 0.29) is 17.3 Å². The van der Waals surface area contributed by atoms with Crippen molar-refractivity contribution in [3.63, 3.8) is 0 Å². The average molecular weight is 2600 g/mol. The van der Waals surface area contributed by atoms with Crippen molar-refractivity contribution in [2.75, 3.05) is 0 Å². The van der Waals surface area contributed by atoms with E-state index in [9.17, 15) is 9.59 Å². The second kappa shape index (κ2) is 50.9. The Labute approximate surface area is 966 Å². The predicted octanol–water partition coefficient (Wildman–Crippen LogP) is 42.1. The molecule has 148 heavy (non-hydrogen) atoms. The van der Waals surface area contributed by atoms with Gasteiger partial charge in [0.15, 0.2) is 17.3 Å². The average Bonchev–Trinajstić information content (AvgIpc) is 1.53. The van der Waals surface area contributed by atoms with Crippen LogP contribution in [0.2, 0.25) is 29.6 Å². The van der Waals surface area contributed by atoms with E-state index in [0.29, 0.717) is 18.6 Å². The molecule has 0 radical (unpaired) electrons. The summed E-state index contributed by atoms with van der Waals surface area (Å²) >= 11 is 31.6. The maximum absolute atomic E-state index is 16.2. The number of fused-ring (bicyclic) bond motifs is 14. The van der Waals surface area contributed by atoms with Gasteiger partial charge in [0.1, 0.15) is 0 Å². The van der Waals surface area contributed by atoms with Crippen molar-refractivity contribution >= 4 is 362 Å². The van der Waals surface area contributed by atoms with Gasteiger partial charge in [0.05, 0.1) is 31.6 Å². The third kappa shape index (κ3) is 25.0. The molecule has 16 aromatic heterocycles.